The Hall–Kier alpha value is -3.90. The standard InChI is InChI=1S/C25H17FN2/c1-2-18-3-6-21-16-25(12-7-20(21)15-18)28(24-13-8-22(26)9-14-24)23-10-4-19(17-27)5-11-23/h2-16H,1H2. The van der Waals surface area contributed by atoms with Crippen LogP contribution in [0.5, 0.6) is 0 Å². The molecule has 0 unspecified atom stereocenters. The van der Waals surface area contributed by atoms with Crippen LogP contribution in [-0.2, 0) is 0 Å². The average Bonchev–Trinajstić information content (AvgIpc) is 2.75. The van der Waals surface area contributed by atoms with E-state index in [0.717, 1.165) is 33.4 Å². The zero-order valence-electron chi connectivity index (χ0n) is 15.1. The van der Waals surface area contributed by atoms with Gasteiger partial charge in [-0.1, -0.05) is 30.9 Å². The third-order valence-corrected chi connectivity index (χ3v) is 4.68. The van der Waals surface area contributed by atoms with E-state index in [0.29, 0.717) is 5.56 Å². The van der Waals surface area contributed by atoms with Gasteiger partial charge in [-0.2, -0.15) is 5.26 Å². The van der Waals surface area contributed by atoms with Crippen molar-refractivity contribution in [3.05, 3.63) is 108 Å². The summed E-state index contributed by atoms with van der Waals surface area (Å²) in [4.78, 5) is 2.04. The molecule has 3 heteroatoms. The molecule has 0 aliphatic rings. The van der Waals surface area contributed by atoms with E-state index in [1.165, 1.54) is 12.1 Å². The Balaban J connectivity index is 1.86. The van der Waals surface area contributed by atoms with E-state index in [2.05, 4.69) is 36.9 Å². The van der Waals surface area contributed by atoms with Gasteiger partial charge in [0.15, 0.2) is 0 Å². The van der Waals surface area contributed by atoms with E-state index in [1.54, 1.807) is 24.3 Å². The molecule has 0 bridgehead atoms. The second-order valence-electron chi connectivity index (χ2n) is 6.47. The lowest BCUT2D eigenvalue weighted by atomic mass is 10.0. The molecule has 0 spiro atoms. The van der Waals surface area contributed by atoms with Crippen molar-refractivity contribution in [1.29, 1.82) is 5.26 Å². The van der Waals surface area contributed by atoms with Gasteiger partial charge in [-0.05, 0) is 83.1 Å². The minimum atomic E-state index is -0.279. The maximum atomic E-state index is 13.5. The van der Waals surface area contributed by atoms with Crippen LogP contribution in [0.25, 0.3) is 16.8 Å². The van der Waals surface area contributed by atoms with Gasteiger partial charge in [0.25, 0.3) is 0 Å². The highest BCUT2D eigenvalue weighted by Crippen LogP contribution is 2.36. The summed E-state index contributed by atoms with van der Waals surface area (Å²) in [6.07, 6.45) is 1.83. The molecule has 0 N–H and O–H groups in total. The number of halogens is 1. The Morgan fingerprint density at radius 3 is 1.96 bits per heavy atom. The van der Waals surface area contributed by atoms with Crippen LogP contribution in [0.3, 0.4) is 0 Å². The van der Waals surface area contributed by atoms with E-state index >= 15 is 0 Å². The number of nitriles is 1. The van der Waals surface area contributed by atoms with Crippen molar-refractivity contribution in [2.45, 2.75) is 0 Å². The minimum absolute atomic E-state index is 0.279. The second kappa shape index (κ2) is 7.38. The normalized spacial score (nSPS) is 10.4. The third-order valence-electron chi connectivity index (χ3n) is 4.68. The number of anilines is 3. The van der Waals surface area contributed by atoms with Gasteiger partial charge >= 0.3 is 0 Å². The Morgan fingerprint density at radius 1 is 0.750 bits per heavy atom. The molecule has 0 amide bonds. The van der Waals surface area contributed by atoms with Crippen molar-refractivity contribution in [2.24, 2.45) is 0 Å². The molecular formula is C25H17FN2. The van der Waals surface area contributed by atoms with Gasteiger partial charge in [0.2, 0.25) is 0 Å². The highest BCUT2D eigenvalue weighted by molar-refractivity contribution is 5.90. The summed E-state index contributed by atoms with van der Waals surface area (Å²) in [6.45, 7) is 3.82. The zero-order chi connectivity index (χ0) is 19.5. The largest absolute Gasteiger partial charge is 0.310 e. The van der Waals surface area contributed by atoms with Crippen LogP contribution in [0.4, 0.5) is 21.5 Å². The molecule has 0 aliphatic carbocycles. The fraction of sp³-hybridized carbons (Fsp3) is 0. The zero-order valence-corrected chi connectivity index (χ0v) is 15.1. The van der Waals surface area contributed by atoms with E-state index in [1.807, 2.05) is 35.2 Å². The van der Waals surface area contributed by atoms with Crippen LogP contribution in [0.2, 0.25) is 0 Å². The Kier molecular flexibility index (Phi) is 4.62. The molecule has 0 aliphatic heterocycles. The first-order chi connectivity index (χ1) is 13.7. The van der Waals surface area contributed by atoms with Gasteiger partial charge < -0.3 is 4.90 Å². The smallest absolute Gasteiger partial charge is 0.123 e. The van der Waals surface area contributed by atoms with Crippen molar-refractivity contribution < 1.29 is 4.39 Å². The number of rotatable bonds is 4. The molecule has 4 aromatic carbocycles. The molecule has 0 saturated carbocycles. The van der Waals surface area contributed by atoms with Crippen molar-refractivity contribution in [3.8, 4) is 6.07 Å². The van der Waals surface area contributed by atoms with Crippen molar-refractivity contribution in [2.75, 3.05) is 4.90 Å². The Labute approximate surface area is 163 Å². The molecule has 0 fully saturated rings. The molecule has 134 valence electrons. The topological polar surface area (TPSA) is 27.0 Å². The summed E-state index contributed by atoms with van der Waals surface area (Å²) in [6, 6.07) is 28.3. The molecule has 0 atom stereocenters. The van der Waals surface area contributed by atoms with Crippen molar-refractivity contribution in [3.63, 3.8) is 0 Å². The van der Waals surface area contributed by atoms with E-state index in [9.17, 15) is 4.39 Å². The van der Waals surface area contributed by atoms with Crippen LogP contribution in [0, 0.1) is 17.1 Å². The van der Waals surface area contributed by atoms with Gasteiger partial charge in [0.05, 0.1) is 11.6 Å². The van der Waals surface area contributed by atoms with Gasteiger partial charge in [0, 0.05) is 17.1 Å². The lowest BCUT2D eigenvalue weighted by Gasteiger charge is -2.26. The lowest BCUT2D eigenvalue weighted by molar-refractivity contribution is 0.628. The van der Waals surface area contributed by atoms with Crippen LogP contribution < -0.4 is 4.90 Å². The summed E-state index contributed by atoms with van der Waals surface area (Å²) in [5.41, 5.74) is 4.36. The van der Waals surface area contributed by atoms with Crippen LogP contribution in [0.15, 0.2) is 91.5 Å². The Morgan fingerprint density at radius 2 is 1.32 bits per heavy atom. The fourth-order valence-electron chi connectivity index (χ4n) is 3.24. The first-order valence-electron chi connectivity index (χ1n) is 8.90. The fourth-order valence-corrected chi connectivity index (χ4v) is 3.24. The highest BCUT2D eigenvalue weighted by atomic mass is 19.1. The summed E-state index contributed by atoms with van der Waals surface area (Å²) in [7, 11) is 0. The van der Waals surface area contributed by atoms with Gasteiger partial charge in [-0.3, -0.25) is 0 Å². The SMILES string of the molecule is C=Cc1ccc2cc(N(c3ccc(F)cc3)c3ccc(C#N)cc3)ccc2c1. The summed E-state index contributed by atoms with van der Waals surface area (Å²) in [5.74, 6) is -0.279. The summed E-state index contributed by atoms with van der Waals surface area (Å²) >= 11 is 0. The van der Waals surface area contributed by atoms with Crippen LogP contribution in [0.1, 0.15) is 11.1 Å². The van der Waals surface area contributed by atoms with E-state index in [-0.39, 0.29) is 5.82 Å². The molecule has 0 radical (unpaired) electrons. The number of hydrogen-bond acceptors (Lipinski definition) is 2. The molecular weight excluding hydrogens is 347 g/mol. The molecule has 0 heterocycles. The Bertz CT molecular complexity index is 1190. The molecule has 28 heavy (non-hydrogen) atoms. The number of hydrogen-bond donors (Lipinski definition) is 0. The molecule has 0 saturated heterocycles. The first kappa shape index (κ1) is 17.5. The third kappa shape index (κ3) is 3.36. The van der Waals surface area contributed by atoms with Crippen LogP contribution in [-0.4, -0.2) is 0 Å². The van der Waals surface area contributed by atoms with Gasteiger partial charge in [-0.25, -0.2) is 4.39 Å². The number of fused-ring (bicyclic) bond motifs is 1. The second-order valence-corrected chi connectivity index (χ2v) is 6.47. The molecule has 0 aromatic heterocycles. The monoisotopic (exact) mass is 364 g/mol. The molecule has 4 rings (SSSR count). The molecule has 4 aromatic rings. The maximum Gasteiger partial charge on any atom is 0.123 e. The van der Waals surface area contributed by atoms with Crippen molar-refractivity contribution >= 4 is 33.9 Å². The minimum Gasteiger partial charge on any atom is -0.310 e. The van der Waals surface area contributed by atoms with Crippen molar-refractivity contribution in [1.82, 2.24) is 0 Å². The van der Waals surface area contributed by atoms with E-state index < -0.39 is 0 Å². The highest BCUT2D eigenvalue weighted by Gasteiger charge is 2.13. The predicted molar refractivity (Wildman–Crippen MR) is 113 cm³/mol. The van der Waals surface area contributed by atoms with Gasteiger partial charge in [-0.15, -0.1) is 0 Å². The predicted octanol–water partition coefficient (Wildman–Crippen LogP) is 6.96. The van der Waals surface area contributed by atoms with Crippen LogP contribution >= 0.6 is 0 Å². The first-order valence-corrected chi connectivity index (χ1v) is 8.90. The average molecular weight is 364 g/mol. The quantitative estimate of drug-likeness (QED) is 0.391. The lowest BCUT2D eigenvalue weighted by Crippen LogP contribution is -2.10. The number of nitrogens with zero attached hydrogens (tertiary/aromatic N) is 2. The number of benzene rings is 4. The van der Waals surface area contributed by atoms with E-state index in [4.69, 9.17) is 5.26 Å². The van der Waals surface area contributed by atoms with Gasteiger partial charge in [0.1, 0.15) is 5.82 Å². The summed E-state index contributed by atoms with van der Waals surface area (Å²) in [5, 5.41) is 11.3. The molecule has 2 nitrogen and oxygen atoms in total. The summed E-state index contributed by atoms with van der Waals surface area (Å²) < 4.78 is 13.5. The maximum absolute atomic E-state index is 13.5.